The van der Waals surface area contributed by atoms with Crippen LogP contribution >= 0.6 is 0 Å². The van der Waals surface area contributed by atoms with Gasteiger partial charge in [0.15, 0.2) is 0 Å². The van der Waals surface area contributed by atoms with Crippen LogP contribution in [0.1, 0.15) is 23.1 Å². The van der Waals surface area contributed by atoms with Gasteiger partial charge >= 0.3 is 5.69 Å². The Morgan fingerprint density at radius 2 is 2.19 bits per heavy atom. The molecule has 1 amide bonds. The molecule has 9 nitrogen and oxygen atoms in total. The van der Waals surface area contributed by atoms with E-state index in [-0.39, 0.29) is 11.4 Å². The highest BCUT2D eigenvalue weighted by Gasteiger charge is 2.28. The van der Waals surface area contributed by atoms with E-state index in [0.29, 0.717) is 13.1 Å². The molecular weight excluding hydrogens is 276 g/mol. The van der Waals surface area contributed by atoms with E-state index in [4.69, 9.17) is 0 Å². The molecule has 2 aromatic rings. The highest BCUT2D eigenvalue weighted by Crippen LogP contribution is 2.19. The average molecular weight is 292 g/mol. The van der Waals surface area contributed by atoms with Crippen LogP contribution in [0.15, 0.2) is 18.5 Å². The number of carbonyl (C=O) groups excluding carboxylic acids is 1. The summed E-state index contributed by atoms with van der Waals surface area (Å²) in [6, 6.07) is 1.81. The summed E-state index contributed by atoms with van der Waals surface area (Å²) in [5.74, 6) is -0.453. The fourth-order valence-electron chi connectivity index (χ4n) is 2.08. The number of carbonyl (C=O) groups is 1. The molecule has 0 aliphatic rings. The molecule has 0 radical (unpaired) electrons. The third kappa shape index (κ3) is 2.76. The first-order chi connectivity index (χ1) is 9.95. The highest BCUT2D eigenvalue weighted by molar-refractivity contribution is 5.96. The van der Waals surface area contributed by atoms with Gasteiger partial charge in [-0.15, -0.1) is 0 Å². The topological polar surface area (TPSA) is 99.1 Å². The predicted octanol–water partition coefficient (Wildman–Crippen LogP) is 0.817. The third-order valence-electron chi connectivity index (χ3n) is 3.17. The van der Waals surface area contributed by atoms with Crippen LogP contribution in [0.25, 0.3) is 0 Å². The van der Waals surface area contributed by atoms with E-state index in [9.17, 15) is 14.9 Å². The number of nitro groups is 1. The second kappa shape index (κ2) is 5.73. The lowest BCUT2D eigenvalue weighted by Crippen LogP contribution is -2.29. The minimum absolute atomic E-state index is 0.0370. The summed E-state index contributed by atoms with van der Waals surface area (Å²) in [5, 5.41) is 18.9. The number of aryl methyl sites for hydroxylation is 2. The molecule has 0 fully saturated rings. The zero-order valence-corrected chi connectivity index (χ0v) is 12.1. The molecule has 0 spiro atoms. The number of amides is 1. The van der Waals surface area contributed by atoms with Crippen molar-refractivity contribution in [2.75, 3.05) is 7.05 Å². The monoisotopic (exact) mass is 292 g/mol. The molecule has 112 valence electrons. The van der Waals surface area contributed by atoms with Crippen LogP contribution in [-0.4, -0.2) is 42.3 Å². The van der Waals surface area contributed by atoms with Crippen molar-refractivity contribution in [3.63, 3.8) is 0 Å². The first-order valence-corrected chi connectivity index (χ1v) is 6.38. The summed E-state index contributed by atoms with van der Waals surface area (Å²) in [4.78, 5) is 24.2. The Morgan fingerprint density at radius 1 is 1.48 bits per heavy atom. The lowest BCUT2D eigenvalue weighted by atomic mass is 10.3. The molecule has 2 heterocycles. The van der Waals surface area contributed by atoms with E-state index in [1.54, 1.807) is 17.9 Å². The molecule has 0 aromatic carbocycles. The maximum Gasteiger partial charge on any atom is 0.320 e. The fourth-order valence-corrected chi connectivity index (χ4v) is 2.08. The summed E-state index contributed by atoms with van der Waals surface area (Å²) in [6.07, 6.45) is 2.74. The summed E-state index contributed by atoms with van der Waals surface area (Å²) in [6.45, 7) is 2.95. The maximum atomic E-state index is 12.4. The molecule has 9 heteroatoms. The largest absolute Gasteiger partial charge is 0.334 e. The molecule has 0 aliphatic heterocycles. The van der Waals surface area contributed by atoms with Crippen LogP contribution in [0.5, 0.6) is 0 Å². The van der Waals surface area contributed by atoms with E-state index >= 15 is 0 Å². The second-order valence-electron chi connectivity index (χ2n) is 4.56. The summed E-state index contributed by atoms with van der Waals surface area (Å²) in [7, 11) is 3.09. The minimum atomic E-state index is -0.607. The SMILES string of the molecule is CCn1nccc1CN(C)C(=O)c1c([N+](=O)[O-])cnn1C. The fraction of sp³-hybridized carbons (Fsp3) is 0.417. The van der Waals surface area contributed by atoms with Crippen molar-refractivity contribution in [1.82, 2.24) is 24.5 Å². The maximum absolute atomic E-state index is 12.4. The van der Waals surface area contributed by atoms with Crippen LogP contribution < -0.4 is 0 Å². The van der Waals surface area contributed by atoms with Gasteiger partial charge in [-0.1, -0.05) is 0 Å². The van der Waals surface area contributed by atoms with Gasteiger partial charge in [0, 0.05) is 26.8 Å². The van der Waals surface area contributed by atoms with Gasteiger partial charge in [0.2, 0.25) is 5.69 Å². The van der Waals surface area contributed by atoms with Crippen molar-refractivity contribution in [2.24, 2.45) is 7.05 Å². The molecule has 0 saturated carbocycles. The predicted molar refractivity (Wildman–Crippen MR) is 73.6 cm³/mol. The van der Waals surface area contributed by atoms with Gasteiger partial charge in [0.25, 0.3) is 5.91 Å². The smallest absolute Gasteiger partial charge is 0.320 e. The first kappa shape index (κ1) is 14.7. The molecule has 2 aromatic heterocycles. The van der Waals surface area contributed by atoms with Gasteiger partial charge < -0.3 is 4.90 Å². The lowest BCUT2D eigenvalue weighted by Gasteiger charge is -2.17. The Kier molecular flexibility index (Phi) is 4.01. The zero-order valence-electron chi connectivity index (χ0n) is 12.1. The molecule has 21 heavy (non-hydrogen) atoms. The van der Waals surface area contributed by atoms with Gasteiger partial charge in [-0.05, 0) is 13.0 Å². The minimum Gasteiger partial charge on any atom is -0.334 e. The second-order valence-corrected chi connectivity index (χ2v) is 4.56. The van der Waals surface area contributed by atoms with Crippen LogP contribution in [0.3, 0.4) is 0 Å². The number of rotatable bonds is 5. The van der Waals surface area contributed by atoms with Crippen molar-refractivity contribution in [3.8, 4) is 0 Å². The van der Waals surface area contributed by atoms with Crippen molar-refractivity contribution in [2.45, 2.75) is 20.0 Å². The van der Waals surface area contributed by atoms with Crippen molar-refractivity contribution in [3.05, 3.63) is 40.0 Å². The summed E-state index contributed by atoms with van der Waals surface area (Å²) >= 11 is 0. The van der Waals surface area contributed by atoms with Crippen LogP contribution in [0, 0.1) is 10.1 Å². The molecule has 0 unspecified atom stereocenters. The Hall–Kier alpha value is -2.71. The first-order valence-electron chi connectivity index (χ1n) is 6.38. The van der Waals surface area contributed by atoms with Gasteiger partial charge in [0.05, 0.1) is 17.2 Å². The van der Waals surface area contributed by atoms with Gasteiger partial charge in [-0.3, -0.25) is 24.3 Å². The normalized spacial score (nSPS) is 10.6. The van der Waals surface area contributed by atoms with E-state index in [2.05, 4.69) is 10.2 Å². The number of hydrogen-bond donors (Lipinski definition) is 0. The highest BCUT2D eigenvalue weighted by atomic mass is 16.6. The summed E-state index contributed by atoms with van der Waals surface area (Å²) in [5.41, 5.74) is 0.529. The van der Waals surface area contributed by atoms with E-state index in [0.717, 1.165) is 11.9 Å². The Morgan fingerprint density at radius 3 is 2.81 bits per heavy atom. The molecule has 0 aliphatic carbocycles. The number of hydrogen-bond acceptors (Lipinski definition) is 5. The lowest BCUT2D eigenvalue weighted by molar-refractivity contribution is -0.385. The van der Waals surface area contributed by atoms with Gasteiger partial charge in [-0.25, -0.2) is 0 Å². The Balaban J connectivity index is 2.24. The van der Waals surface area contributed by atoms with Crippen molar-refractivity contribution >= 4 is 11.6 Å². The van der Waals surface area contributed by atoms with E-state index < -0.39 is 10.8 Å². The average Bonchev–Trinajstić information content (AvgIpc) is 3.04. The molecule has 2 rings (SSSR count). The summed E-state index contributed by atoms with van der Waals surface area (Å²) < 4.78 is 2.98. The zero-order chi connectivity index (χ0) is 15.6. The molecule has 0 saturated heterocycles. The molecule has 0 bridgehead atoms. The van der Waals surface area contributed by atoms with Gasteiger partial charge in [0.1, 0.15) is 6.20 Å². The van der Waals surface area contributed by atoms with E-state index in [1.807, 2.05) is 13.0 Å². The number of aromatic nitrogens is 4. The number of nitrogens with zero attached hydrogens (tertiary/aromatic N) is 6. The van der Waals surface area contributed by atoms with Crippen LogP contribution in [0.2, 0.25) is 0 Å². The quantitative estimate of drug-likeness (QED) is 0.600. The van der Waals surface area contributed by atoms with Crippen molar-refractivity contribution in [1.29, 1.82) is 0 Å². The molecular formula is C12H16N6O3. The Labute approximate surface area is 120 Å². The Bertz CT molecular complexity index is 674. The molecule has 0 atom stereocenters. The van der Waals surface area contributed by atoms with Gasteiger partial charge in [-0.2, -0.15) is 10.2 Å². The third-order valence-corrected chi connectivity index (χ3v) is 3.17. The van der Waals surface area contributed by atoms with Crippen LogP contribution in [0.4, 0.5) is 5.69 Å². The van der Waals surface area contributed by atoms with Crippen LogP contribution in [-0.2, 0) is 20.1 Å². The van der Waals surface area contributed by atoms with E-state index in [1.165, 1.54) is 16.6 Å². The standard InChI is InChI=1S/C12H16N6O3/c1-4-17-9(5-6-13-17)8-15(2)12(19)11-10(18(20)21)7-14-16(11)3/h5-7H,4,8H2,1-3H3. The molecule has 0 N–H and O–H groups in total. The van der Waals surface area contributed by atoms with Crippen molar-refractivity contribution < 1.29 is 9.72 Å².